The van der Waals surface area contributed by atoms with E-state index in [-0.39, 0.29) is 0 Å². The van der Waals surface area contributed by atoms with Gasteiger partial charge in [-0.25, -0.2) is 0 Å². The molecule has 1 unspecified atom stereocenters. The van der Waals surface area contributed by atoms with Gasteiger partial charge in [-0.1, -0.05) is 30.7 Å². The van der Waals surface area contributed by atoms with Crippen molar-refractivity contribution in [1.82, 2.24) is 5.32 Å². The van der Waals surface area contributed by atoms with Crippen molar-refractivity contribution in [1.29, 1.82) is 0 Å². The Morgan fingerprint density at radius 3 is 2.58 bits per heavy atom. The van der Waals surface area contributed by atoms with Gasteiger partial charge in [-0.3, -0.25) is 0 Å². The molecule has 2 aromatic rings. The summed E-state index contributed by atoms with van der Waals surface area (Å²) in [5.41, 5.74) is 5.35. The van der Waals surface area contributed by atoms with Gasteiger partial charge in [0.15, 0.2) is 0 Å². The topological polar surface area (TPSA) is 25.2 Å². The third-order valence-corrected chi connectivity index (χ3v) is 3.65. The lowest BCUT2D eigenvalue weighted by Crippen LogP contribution is -2.23. The molecule has 1 heterocycles. The van der Waals surface area contributed by atoms with E-state index in [0.29, 0.717) is 6.04 Å². The SMILES string of the molecule is CCNC(Cc1cc(C)ccc1C)c1ccoc1C. The van der Waals surface area contributed by atoms with Crippen molar-refractivity contribution in [3.63, 3.8) is 0 Å². The van der Waals surface area contributed by atoms with Gasteiger partial charge in [0.1, 0.15) is 5.76 Å². The lowest BCUT2D eigenvalue weighted by molar-refractivity contribution is 0.501. The predicted molar refractivity (Wildman–Crippen MR) is 79.5 cm³/mol. The Labute approximate surface area is 115 Å². The summed E-state index contributed by atoms with van der Waals surface area (Å²) in [7, 11) is 0. The number of aryl methyl sites for hydroxylation is 3. The standard InChI is InChI=1S/C17H23NO/c1-5-18-17(16-8-9-19-14(16)4)11-15-10-12(2)6-7-13(15)3/h6-10,17-18H,5,11H2,1-4H3. The van der Waals surface area contributed by atoms with E-state index in [1.54, 1.807) is 6.26 Å². The minimum Gasteiger partial charge on any atom is -0.469 e. The van der Waals surface area contributed by atoms with Crippen LogP contribution in [0.25, 0.3) is 0 Å². The van der Waals surface area contributed by atoms with Crippen LogP contribution in [0.5, 0.6) is 0 Å². The van der Waals surface area contributed by atoms with Gasteiger partial charge in [-0.2, -0.15) is 0 Å². The first-order valence-corrected chi connectivity index (χ1v) is 6.95. The summed E-state index contributed by atoms with van der Waals surface area (Å²) in [6.45, 7) is 9.46. The third-order valence-electron chi connectivity index (χ3n) is 3.65. The van der Waals surface area contributed by atoms with E-state index >= 15 is 0 Å². The first kappa shape index (κ1) is 13.9. The predicted octanol–water partition coefficient (Wildman–Crippen LogP) is 4.10. The molecule has 1 N–H and O–H groups in total. The van der Waals surface area contributed by atoms with Gasteiger partial charge in [0.05, 0.1) is 6.26 Å². The van der Waals surface area contributed by atoms with Gasteiger partial charge in [0, 0.05) is 11.6 Å². The molecule has 0 aliphatic heterocycles. The fourth-order valence-electron chi connectivity index (χ4n) is 2.53. The first-order valence-electron chi connectivity index (χ1n) is 6.95. The molecular weight excluding hydrogens is 234 g/mol. The summed E-state index contributed by atoms with van der Waals surface area (Å²) in [5.74, 6) is 1.01. The summed E-state index contributed by atoms with van der Waals surface area (Å²) in [4.78, 5) is 0. The molecular formula is C17H23NO. The molecule has 1 aromatic heterocycles. The number of rotatable bonds is 5. The first-order chi connectivity index (χ1) is 9.11. The number of furan rings is 1. The number of likely N-dealkylation sites (N-methyl/N-ethyl adjacent to an activating group) is 1. The average molecular weight is 257 g/mol. The Morgan fingerprint density at radius 2 is 1.95 bits per heavy atom. The Bertz CT molecular complexity index is 542. The van der Waals surface area contributed by atoms with E-state index in [1.807, 2.05) is 6.92 Å². The molecule has 0 saturated carbocycles. The van der Waals surface area contributed by atoms with Crippen LogP contribution in [-0.2, 0) is 6.42 Å². The Balaban J connectivity index is 2.26. The molecule has 19 heavy (non-hydrogen) atoms. The molecule has 0 amide bonds. The highest BCUT2D eigenvalue weighted by Gasteiger charge is 2.16. The zero-order chi connectivity index (χ0) is 13.8. The summed E-state index contributed by atoms with van der Waals surface area (Å²) < 4.78 is 5.44. The lowest BCUT2D eigenvalue weighted by Gasteiger charge is -2.19. The molecule has 0 aliphatic rings. The van der Waals surface area contributed by atoms with Gasteiger partial charge < -0.3 is 9.73 Å². The Kier molecular flexibility index (Phi) is 4.43. The molecule has 0 spiro atoms. The van der Waals surface area contributed by atoms with Crippen LogP contribution in [-0.4, -0.2) is 6.54 Å². The molecule has 0 saturated heterocycles. The van der Waals surface area contributed by atoms with Gasteiger partial charge in [0.25, 0.3) is 0 Å². The van der Waals surface area contributed by atoms with Crippen LogP contribution < -0.4 is 5.32 Å². The van der Waals surface area contributed by atoms with E-state index in [9.17, 15) is 0 Å². The number of nitrogens with one attached hydrogen (secondary N) is 1. The average Bonchev–Trinajstić information content (AvgIpc) is 2.79. The van der Waals surface area contributed by atoms with Crippen molar-refractivity contribution in [2.75, 3.05) is 6.54 Å². The second-order valence-electron chi connectivity index (χ2n) is 5.18. The second-order valence-corrected chi connectivity index (χ2v) is 5.18. The number of hydrogen-bond donors (Lipinski definition) is 1. The summed E-state index contributed by atoms with van der Waals surface area (Å²) >= 11 is 0. The summed E-state index contributed by atoms with van der Waals surface area (Å²) in [5, 5.41) is 3.56. The fourth-order valence-corrected chi connectivity index (χ4v) is 2.53. The van der Waals surface area contributed by atoms with E-state index in [4.69, 9.17) is 4.42 Å². The fraction of sp³-hybridized carbons (Fsp3) is 0.412. The van der Waals surface area contributed by atoms with Gasteiger partial charge in [-0.05, 0) is 50.9 Å². The highest BCUT2D eigenvalue weighted by molar-refractivity contribution is 5.33. The lowest BCUT2D eigenvalue weighted by atomic mass is 9.95. The minimum absolute atomic E-state index is 0.323. The largest absolute Gasteiger partial charge is 0.469 e. The van der Waals surface area contributed by atoms with E-state index in [0.717, 1.165) is 18.7 Å². The zero-order valence-corrected chi connectivity index (χ0v) is 12.3. The van der Waals surface area contributed by atoms with Crippen LogP contribution in [0.2, 0.25) is 0 Å². The van der Waals surface area contributed by atoms with E-state index in [2.05, 4.69) is 50.4 Å². The maximum atomic E-state index is 5.44. The quantitative estimate of drug-likeness (QED) is 0.872. The van der Waals surface area contributed by atoms with Crippen molar-refractivity contribution in [2.45, 2.75) is 40.2 Å². The van der Waals surface area contributed by atoms with Crippen molar-refractivity contribution in [3.8, 4) is 0 Å². The normalized spacial score (nSPS) is 12.6. The Morgan fingerprint density at radius 1 is 1.16 bits per heavy atom. The van der Waals surface area contributed by atoms with Crippen LogP contribution in [0.15, 0.2) is 34.9 Å². The molecule has 2 nitrogen and oxygen atoms in total. The number of benzene rings is 1. The summed E-state index contributed by atoms with van der Waals surface area (Å²) in [6, 6.07) is 9.06. The van der Waals surface area contributed by atoms with Gasteiger partial charge >= 0.3 is 0 Å². The second kappa shape index (κ2) is 6.07. The van der Waals surface area contributed by atoms with Crippen molar-refractivity contribution in [3.05, 3.63) is 58.5 Å². The van der Waals surface area contributed by atoms with Crippen LogP contribution in [0, 0.1) is 20.8 Å². The highest BCUT2D eigenvalue weighted by atomic mass is 16.3. The van der Waals surface area contributed by atoms with E-state index < -0.39 is 0 Å². The highest BCUT2D eigenvalue weighted by Crippen LogP contribution is 2.24. The van der Waals surface area contributed by atoms with Crippen molar-refractivity contribution < 1.29 is 4.42 Å². The Hall–Kier alpha value is -1.54. The van der Waals surface area contributed by atoms with E-state index in [1.165, 1.54) is 22.3 Å². The monoisotopic (exact) mass is 257 g/mol. The molecule has 102 valence electrons. The molecule has 0 radical (unpaired) electrons. The van der Waals surface area contributed by atoms with Crippen LogP contribution >= 0.6 is 0 Å². The molecule has 2 rings (SSSR count). The molecule has 1 aromatic carbocycles. The third kappa shape index (κ3) is 3.27. The van der Waals surface area contributed by atoms with Crippen molar-refractivity contribution >= 4 is 0 Å². The molecule has 0 bridgehead atoms. The molecule has 0 fully saturated rings. The zero-order valence-electron chi connectivity index (χ0n) is 12.3. The van der Waals surface area contributed by atoms with Crippen LogP contribution in [0.1, 0.15) is 41.0 Å². The molecule has 1 atom stereocenters. The van der Waals surface area contributed by atoms with Crippen LogP contribution in [0.3, 0.4) is 0 Å². The van der Waals surface area contributed by atoms with Gasteiger partial charge in [0.2, 0.25) is 0 Å². The van der Waals surface area contributed by atoms with Crippen LogP contribution in [0.4, 0.5) is 0 Å². The molecule has 0 aliphatic carbocycles. The summed E-state index contributed by atoms with van der Waals surface area (Å²) in [6.07, 6.45) is 2.78. The van der Waals surface area contributed by atoms with Gasteiger partial charge in [-0.15, -0.1) is 0 Å². The minimum atomic E-state index is 0.323. The van der Waals surface area contributed by atoms with Crippen molar-refractivity contribution in [2.24, 2.45) is 0 Å². The molecule has 2 heteroatoms. The maximum absolute atomic E-state index is 5.44. The smallest absolute Gasteiger partial charge is 0.105 e. The number of hydrogen-bond acceptors (Lipinski definition) is 2. The maximum Gasteiger partial charge on any atom is 0.105 e.